The minimum absolute atomic E-state index is 0.170. The molecule has 0 fully saturated rings. The van der Waals surface area contributed by atoms with Gasteiger partial charge in [-0.1, -0.05) is 30.0 Å². The number of ketones is 1. The van der Waals surface area contributed by atoms with Crippen LogP contribution in [0.5, 0.6) is 0 Å². The lowest BCUT2D eigenvalue weighted by Gasteiger charge is -2.10. The van der Waals surface area contributed by atoms with Gasteiger partial charge in [0, 0.05) is 21.8 Å². The van der Waals surface area contributed by atoms with Gasteiger partial charge in [0.15, 0.2) is 5.78 Å². The van der Waals surface area contributed by atoms with E-state index in [1.54, 1.807) is 17.8 Å². The molecule has 0 unspecified atom stereocenters. The van der Waals surface area contributed by atoms with E-state index in [0.717, 1.165) is 33.8 Å². The molecule has 1 aromatic carbocycles. The van der Waals surface area contributed by atoms with Crippen molar-refractivity contribution in [2.75, 3.05) is 0 Å². The van der Waals surface area contributed by atoms with Crippen molar-refractivity contribution < 1.29 is 4.79 Å². The minimum atomic E-state index is 0.170. The normalized spacial score (nSPS) is 17.8. The number of rotatable bonds is 0. The summed E-state index contributed by atoms with van der Waals surface area (Å²) >= 11 is 1.62. The highest BCUT2D eigenvalue weighted by Gasteiger charge is 2.24. The van der Waals surface area contributed by atoms with Crippen LogP contribution in [0.25, 0.3) is 0 Å². The summed E-state index contributed by atoms with van der Waals surface area (Å²) in [7, 11) is 0. The fourth-order valence-corrected chi connectivity index (χ4v) is 3.54. The highest BCUT2D eigenvalue weighted by molar-refractivity contribution is 8.03. The molecule has 2 nitrogen and oxygen atoms in total. The molecule has 0 radical (unpaired) electrons. The van der Waals surface area contributed by atoms with Gasteiger partial charge in [0.2, 0.25) is 0 Å². The molecule has 2 aliphatic rings. The van der Waals surface area contributed by atoms with E-state index < -0.39 is 0 Å². The third-order valence-corrected chi connectivity index (χ3v) is 4.48. The highest BCUT2D eigenvalue weighted by Crippen LogP contribution is 2.40. The summed E-state index contributed by atoms with van der Waals surface area (Å²) in [5, 5.41) is 9.13. The molecule has 18 heavy (non-hydrogen) atoms. The summed E-state index contributed by atoms with van der Waals surface area (Å²) < 4.78 is 0. The Morgan fingerprint density at radius 3 is 3.06 bits per heavy atom. The molecule has 0 saturated carbocycles. The van der Waals surface area contributed by atoms with Crippen LogP contribution in [-0.2, 0) is 11.2 Å². The van der Waals surface area contributed by atoms with E-state index in [4.69, 9.17) is 5.26 Å². The molecule has 3 heteroatoms. The Balaban J connectivity index is 2.14. The summed E-state index contributed by atoms with van der Waals surface area (Å²) in [6, 6.07) is 7.84. The SMILES string of the molecule is N#Cc1cccc2c1CC(=O)C1=C(C=CCC1)S2. The Morgan fingerprint density at radius 1 is 1.33 bits per heavy atom. The molecule has 3 rings (SSSR count). The van der Waals surface area contributed by atoms with Crippen molar-refractivity contribution in [2.45, 2.75) is 24.2 Å². The third kappa shape index (κ3) is 1.79. The number of thioether (sulfide) groups is 1. The third-order valence-electron chi connectivity index (χ3n) is 3.27. The fourth-order valence-electron chi connectivity index (χ4n) is 2.35. The van der Waals surface area contributed by atoms with Gasteiger partial charge in [0.1, 0.15) is 0 Å². The number of hydrogen-bond donors (Lipinski definition) is 0. The first kappa shape index (κ1) is 11.3. The zero-order chi connectivity index (χ0) is 12.5. The zero-order valence-corrected chi connectivity index (χ0v) is 10.6. The second-order valence-corrected chi connectivity index (χ2v) is 5.46. The van der Waals surface area contributed by atoms with E-state index in [-0.39, 0.29) is 5.78 Å². The number of carbonyl (C=O) groups excluding carboxylic acids is 1. The lowest BCUT2D eigenvalue weighted by molar-refractivity contribution is -0.115. The number of benzene rings is 1. The maximum Gasteiger partial charge on any atom is 0.164 e. The molecule has 0 spiro atoms. The van der Waals surface area contributed by atoms with E-state index >= 15 is 0 Å². The predicted molar refractivity (Wildman–Crippen MR) is 71.1 cm³/mol. The van der Waals surface area contributed by atoms with Crippen molar-refractivity contribution in [3.8, 4) is 6.07 Å². The topological polar surface area (TPSA) is 40.9 Å². The van der Waals surface area contributed by atoms with Crippen LogP contribution < -0.4 is 0 Å². The maximum absolute atomic E-state index is 12.3. The van der Waals surface area contributed by atoms with Crippen LogP contribution in [0, 0.1) is 11.3 Å². The van der Waals surface area contributed by atoms with Gasteiger partial charge in [0.25, 0.3) is 0 Å². The van der Waals surface area contributed by atoms with Gasteiger partial charge < -0.3 is 0 Å². The molecule has 1 aliphatic carbocycles. The van der Waals surface area contributed by atoms with Crippen molar-refractivity contribution in [1.29, 1.82) is 5.26 Å². The van der Waals surface area contributed by atoms with Gasteiger partial charge in [-0.15, -0.1) is 0 Å². The Morgan fingerprint density at radius 2 is 2.22 bits per heavy atom. The summed E-state index contributed by atoms with van der Waals surface area (Å²) in [5.41, 5.74) is 2.44. The second-order valence-electron chi connectivity index (χ2n) is 4.38. The average Bonchev–Trinajstić information content (AvgIpc) is 2.54. The van der Waals surface area contributed by atoms with Crippen molar-refractivity contribution in [1.82, 2.24) is 0 Å². The first-order chi connectivity index (χ1) is 8.79. The van der Waals surface area contributed by atoms with Crippen molar-refractivity contribution in [3.63, 3.8) is 0 Å². The molecule has 1 aromatic rings. The lowest BCUT2D eigenvalue weighted by Crippen LogP contribution is -2.08. The van der Waals surface area contributed by atoms with Gasteiger partial charge in [-0.25, -0.2) is 0 Å². The Labute approximate surface area is 110 Å². The number of fused-ring (bicyclic) bond motifs is 1. The quantitative estimate of drug-likeness (QED) is 0.711. The Bertz CT molecular complexity index is 634. The van der Waals surface area contributed by atoms with Gasteiger partial charge in [0.05, 0.1) is 11.6 Å². The van der Waals surface area contributed by atoms with Crippen LogP contribution in [0.4, 0.5) is 0 Å². The Kier molecular flexibility index (Phi) is 2.81. The van der Waals surface area contributed by atoms with E-state index in [1.165, 1.54) is 0 Å². The zero-order valence-electron chi connectivity index (χ0n) is 9.77. The number of carbonyl (C=O) groups is 1. The van der Waals surface area contributed by atoms with E-state index in [1.807, 2.05) is 18.2 Å². The Hall–Kier alpha value is -1.79. The van der Waals surface area contributed by atoms with Gasteiger partial charge in [-0.05, 0) is 30.5 Å². The lowest BCUT2D eigenvalue weighted by atomic mass is 9.95. The number of nitriles is 1. The van der Waals surface area contributed by atoms with Crippen LogP contribution in [0.3, 0.4) is 0 Å². The van der Waals surface area contributed by atoms with Crippen LogP contribution in [0.2, 0.25) is 0 Å². The molecule has 1 heterocycles. The van der Waals surface area contributed by atoms with Crippen molar-refractivity contribution in [2.24, 2.45) is 0 Å². The first-order valence-electron chi connectivity index (χ1n) is 5.92. The first-order valence-corrected chi connectivity index (χ1v) is 6.74. The van der Waals surface area contributed by atoms with Gasteiger partial charge >= 0.3 is 0 Å². The highest BCUT2D eigenvalue weighted by atomic mass is 32.2. The molecule has 0 atom stereocenters. The molecular formula is C15H11NOS. The number of hydrogen-bond acceptors (Lipinski definition) is 3. The van der Waals surface area contributed by atoms with Gasteiger partial charge in [-0.2, -0.15) is 5.26 Å². The molecule has 0 bridgehead atoms. The second kappa shape index (κ2) is 4.47. The molecule has 88 valence electrons. The summed E-state index contributed by atoms with van der Waals surface area (Å²) in [4.78, 5) is 14.4. The summed E-state index contributed by atoms with van der Waals surface area (Å²) in [6.45, 7) is 0. The number of nitrogens with zero attached hydrogens (tertiary/aromatic N) is 1. The molecular weight excluding hydrogens is 242 g/mol. The van der Waals surface area contributed by atoms with Crippen LogP contribution >= 0.6 is 11.8 Å². The van der Waals surface area contributed by atoms with E-state index in [9.17, 15) is 4.79 Å². The van der Waals surface area contributed by atoms with Crippen LogP contribution in [0.1, 0.15) is 24.0 Å². The predicted octanol–water partition coefficient (Wildman–Crippen LogP) is 3.38. The standard InChI is InChI=1S/C15H11NOS/c16-9-10-4-3-7-15-12(10)8-13(17)11-5-1-2-6-14(11)18-15/h2-4,6-7H,1,5,8H2. The fraction of sp³-hybridized carbons (Fsp3) is 0.200. The average molecular weight is 253 g/mol. The minimum Gasteiger partial charge on any atom is -0.294 e. The smallest absolute Gasteiger partial charge is 0.164 e. The number of Topliss-reactive ketones (excluding diaryl/α,β-unsaturated/α-hetero) is 1. The summed E-state index contributed by atoms with van der Waals surface area (Å²) in [6.07, 6.45) is 6.27. The largest absolute Gasteiger partial charge is 0.294 e. The molecule has 0 N–H and O–H groups in total. The molecule has 0 saturated heterocycles. The van der Waals surface area contributed by atoms with Gasteiger partial charge in [-0.3, -0.25) is 4.79 Å². The number of allylic oxidation sites excluding steroid dienone is 3. The monoisotopic (exact) mass is 253 g/mol. The maximum atomic E-state index is 12.3. The van der Waals surface area contributed by atoms with Crippen LogP contribution in [-0.4, -0.2) is 5.78 Å². The molecule has 1 aliphatic heterocycles. The van der Waals surface area contributed by atoms with E-state index in [2.05, 4.69) is 12.1 Å². The van der Waals surface area contributed by atoms with Crippen LogP contribution in [0.15, 0.2) is 45.7 Å². The molecule has 0 amide bonds. The van der Waals surface area contributed by atoms with Crippen molar-refractivity contribution >= 4 is 17.5 Å². The van der Waals surface area contributed by atoms with Crippen molar-refractivity contribution in [3.05, 3.63) is 52.0 Å². The summed E-state index contributed by atoms with van der Waals surface area (Å²) in [5.74, 6) is 0.170. The molecule has 0 aromatic heterocycles. The van der Waals surface area contributed by atoms with E-state index in [0.29, 0.717) is 12.0 Å².